The van der Waals surface area contributed by atoms with Gasteiger partial charge in [0.25, 0.3) is 0 Å². The normalized spacial score (nSPS) is 15.6. The number of hydrogen-bond acceptors (Lipinski definition) is 2. The van der Waals surface area contributed by atoms with Gasteiger partial charge in [0, 0.05) is 22.3 Å². The van der Waals surface area contributed by atoms with Crippen LogP contribution >= 0.6 is 0 Å². The summed E-state index contributed by atoms with van der Waals surface area (Å²) in [4.78, 5) is 24.3. The number of allylic oxidation sites excluding steroid dienone is 4. The molecule has 2 rings (SSSR count). The summed E-state index contributed by atoms with van der Waals surface area (Å²) in [5, 5.41) is 0. The second kappa shape index (κ2) is 4.50. The van der Waals surface area contributed by atoms with E-state index < -0.39 is 0 Å². The fourth-order valence-electron chi connectivity index (χ4n) is 2.03. The Hall–Kier alpha value is -1.96. The molecule has 0 bridgehead atoms. The maximum Gasteiger partial charge on any atom is 0.190 e. The van der Waals surface area contributed by atoms with Crippen molar-refractivity contribution in [3.05, 3.63) is 58.7 Å². The predicted molar refractivity (Wildman–Crippen MR) is 67.2 cm³/mol. The van der Waals surface area contributed by atoms with E-state index in [1.165, 1.54) is 0 Å². The Balaban J connectivity index is 2.54. The minimum absolute atomic E-state index is 0.0178. The van der Waals surface area contributed by atoms with Crippen LogP contribution in [0.2, 0.25) is 0 Å². The molecule has 0 saturated heterocycles. The van der Waals surface area contributed by atoms with E-state index in [0.29, 0.717) is 28.7 Å². The minimum atomic E-state index is -0.0281. The van der Waals surface area contributed by atoms with E-state index in [2.05, 4.69) is 0 Å². The molecule has 2 nitrogen and oxygen atoms in total. The van der Waals surface area contributed by atoms with Crippen LogP contribution in [0.25, 0.3) is 0 Å². The van der Waals surface area contributed by atoms with Gasteiger partial charge in [-0.25, -0.2) is 0 Å². The number of carbonyl (C=O) groups is 2. The molecule has 2 heteroatoms. The Morgan fingerprint density at radius 1 is 1.06 bits per heavy atom. The first-order chi connectivity index (χ1) is 8.16. The zero-order valence-electron chi connectivity index (χ0n) is 9.99. The van der Waals surface area contributed by atoms with Gasteiger partial charge in [0.05, 0.1) is 0 Å². The molecule has 0 atom stereocenters. The van der Waals surface area contributed by atoms with Crippen molar-refractivity contribution in [1.29, 1.82) is 0 Å². The van der Waals surface area contributed by atoms with Gasteiger partial charge in [0.2, 0.25) is 0 Å². The number of rotatable bonds is 2. The molecule has 0 N–H and O–H groups in total. The lowest BCUT2D eigenvalue weighted by molar-refractivity contribution is 0.0973. The summed E-state index contributed by atoms with van der Waals surface area (Å²) >= 11 is 0. The average Bonchev–Trinajstić information content (AvgIpc) is 2.36. The summed E-state index contributed by atoms with van der Waals surface area (Å²) in [6, 6.07) is 7.01. The third-order valence-corrected chi connectivity index (χ3v) is 3.04. The molecule has 1 aromatic carbocycles. The molecule has 0 fully saturated rings. The van der Waals surface area contributed by atoms with Gasteiger partial charge in [-0.05, 0) is 20.3 Å². The molecule has 0 unspecified atom stereocenters. The van der Waals surface area contributed by atoms with Crippen molar-refractivity contribution < 1.29 is 9.59 Å². The van der Waals surface area contributed by atoms with Crippen LogP contribution in [0.3, 0.4) is 0 Å². The third kappa shape index (κ3) is 1.86. The van der Waals surface area contributed by atoms with Crippen molar-refractivity contribution in [3.63, 3.8) is 0 Å². The smallest absolute Gasteiger partial charge is 0.190 e. The first-order valence-corrected chi connectivity index (χ1v) is 5.66. The maximum absolute atomic E-state index is 12.2. The minimum Gasteiger partial charge on any atom is -0.289 e. The van der Waals surface area contributed by atoms with E-state index in [0.717, 1.165) is 0 Å². The first kappa shape index (κ1) is 11.5. The lowest BCUT2D eigenvalue weighted by Gasteiger charge is -2.17. The largest absolute Gasteiger partial charge is 0.289 e. The van der Waals surface area contributed by atoms with Crippen LogP contribution in [0.1, 0.15) is 41.0 Å². The van der Waals surface area contributed by atoms with Gasteiger partial charge < -0.3 is 0 Å². The number of Topliss-reactive ketones (excluding diaryl/α,β-unsaturated/α-hetero) is 2. The topological polar surface area (TPSA) is 34.1 Å². The second-order valence-corrected chi connectivity index (χ2v) is 4.08. The van der Waals surface area contributed by atoms with Gasteiger partial charge in [-0.3, -0.25) is 9.59 Å². The Morgan fingerprint density at radius 2 is 1.65 bits per heavy atom. The molecule has 86 valence electrons. The third-order valence-electron chi connectivity index (χ3n) is 3.04. The van der Waals surface area contributed by atoms with Crippen LogP contribution in [0.4, 0.5) is 0 Å². The maximum atomic E-state index is 12.2. The molecular formula is C15H14O2. The highest BCUT2D eigenvalue weighted by atomic mass is 16.1. The van der Waals surface area contributed by atoms with Crippen LogP contribution in [0, 0.1) is 0 Å². The van der Waals surface area contributed by atoms with Crippen molar-refractivity contribution in [3.8, 4) is 0 Å². The molecular weight excluding hydrogens is 212 g/mol. The summed E-state index contributed by atoms with van der Waals surface area (Å²) in [5.74, 6) is -0.0458. The molecule has 0 saturated carbocycles. The van der Waals surface area contributed by atoms with E-state index in [1.54, 1.807) is 31.2 Å². The van der Waals surface area contributed by atoms with Crippen molar-refractivity contribution in [2.24, 2.45) is 0 Å². The molecule has 1 aliphatic carbocycles. The van der Waals surface area contributed by atoms with Crippen LogP contribution in [0.15, 0.2) is 47.6 Å². The van der Waals surface area contributed by atoms with Gasteiger partial charge in [-0.15, -0.1) is 0 Å². The summed E-state index contributed by atoms with van der Waals surface area (Å²) in [6.07, 6.45) is 4.32. The highest BCUT2D eigenvalue weighted by Crippen LogP contribution is 2.27. The van der Waals surface area contributed by atoms with E-state index in [1.807, 2.05) is 19.1 Å². The average molecular weight is 226 g/mol. The van der Waals surface area contributed by atoms with Crippen molar-refractivity contribution in [1.82, 2.24) is 0 Å². The zero-order chi connectivity index (χ0) is 12.4. The van der Waals surface area contributed by atoms with Crippen molar-refractivity contribution >= 4 is 11.6 Å². The van der Waals surface area contributed by atoms with Gasteiger partial charge in [-0.2, -0.15) is 0 Å². The van der Waals surface area contributed by atoms with Crippen molar-refractivity contribution in [2.45, 2.75) is 20.3 Å². The van der Waals surface area contributed by atoms with Crippen LogP contribution in [0.5, 0.6) is 0 Å². The summed E-state index contributed by atoms with van der Waals surface area (Å²) in [7, 11) is 0. The number of hydrogen-bond donors (Lipinski definition) is 0. The van der Waals surface area contributed by atoms with Crippen LogP contribution in [-0.2, 0) is 0 Å². The highest BCUT2D eigenvalue weighted by molar-refractivity contribution is 6.26. The second-order valence-electron chi connectivity index (χ2n) is 4.08. The number of fused-ring (bicyclic) bond motifs is 1. The number of ketones is 2. The van der Waals surface area contributed by atoms with E-state index in [4.69, 9.17) is 0 Å². The Kier molecular flexibility index (Phi) is 3.05. The van der Waals surface area contributed by atoms with Crippen LogP contribution < -0.4 is 0 Å². The Morgan fingerprint density at radius 3 is 2.24 bits per heavy atom. The molecule has 0 aliphatic heterocycles. The van der Waals surface area contributed by atoms with Crippen molar-refractivity contribution in [2.75, 3.05) is 0 Å². The molecule has 1 aliphatic rings. The molecule has 0 amide bonds. The molecule has 0 radical (unpaired) electrons. The fraction of sp³-hybridized carbons (Fsp3) is 0.200. The van der Waals surface area contributed by atoms with Crippen LogP contribution in [-0.4, -0.2) is 11.6 Å². The standard InChI is InChI=1S/C15H14O2/c1-3-4-7-11-10(2)14(16)12-8-5-6-9-13(12)15(11)17/h3-6,8-9H,7H2,1-2H3. The van der Waals surface area contributed by atoms with Gasteiger partial charge >= 0.3 is 0 Å². The monoisotopic (exact) mass is 226 g/mol. The zero-order valence-corrected chi connectivity index (χ0v) is 9.99. The van der Waals surface area contributed by atoms with E-state index in [-0.39, 0.29) is 11.6 Å². The highest BCUT2D eigenvalue weighted by Gasteiger charge is 2.28. The molecule has 0 spiro atoms. The van der Waals surface area contributed by atoms with E-state index in [9.17, 15) is 9.59 Å². The number of benzene rings is 1. The Labute approximate surface area is 101 Å². The molecule has 0 heterocycles. The quantitative estimate of drug-likeness (QED) is 0.725. The summed E-state index contributed by atoms with van der Waals surface area (Å²) in [5.41, 5.74) is 2.25. The summed E-state index contributed by atoms with van der Waals surface area (Å²) in [6.45, 7) is 3.63. The SMILES string of the molecule is CC=CCC1=C(C)C(=O)c2ccccc2C1=O. The first-order valence-electron chi connectivity index (χ1n) is 5.66. The lowest BCUT2D eigenvalue weighted by atomic mass is 9.83. The summed E-state index contributed by atoms with van der Waals surface area (Å²) < 4.78 is 0. The fourth-order valence-corrected chi connectivity index (χ4v) is 2.03. The Bertz CT molecular complexity index is 548. The number of carbonyl (C=O) groups excluding carboxylic acids is 2. The predicted octanol–water partition coefficient (Wildman–Crippen LogP) is 3.35. The van der Waals surface area contributed by atoms with Gasteiger partial charge in [0.1, 0.15) is 0 Å². The molecule has 1 aromatic rings. The van der Waals surface area contributed by atoms with Gasteiger partial charge in [-0.1, -0.05) is 36.4 Å². The lowest BCUT2D eigenvalue weighted by Crippen LogP contribution is -2.20. The van der Waals surface area contributed by atoms with Gasteiger partial charge in [0.15, 0.2) is 11.6 Å². The molecule has 17 heavy (non-hydrogen) atoms. The molecule has 0 aromatic heterocycles. The van der Waals surface area contributed by atoms with E-state index >= 15 is 0 Å².